The van der Waals surface area contributed by atoms with Crippen LogP contribution in [0, 0.1) is 0 Å². The Kier molecular flexibility index (Phi) is 4.12. The maximum Gasteiger partial charge on any atom is 0.337 e. The lowest BCUT2D eigenvalue weighted by molar-refractivity contribution is -0.114. The number of anilines is 1. The Bertz CT molecular complexity index is 992. The van der Waals surface area contributed by atoms with Crippen LogP contribution in [-0.2, 0) is 9.53 Å². The lowest BCUT2D eigenvalue weighted by atomic mass is 10.1. The van der Waals surface area contributed by atoms with Crippen LogP contribution >= 0.6 is 0 Å². The minimum Gasteiger partial charge on any atom is -0.465 e. The van der Waals surface area contributed by atoms with Crippen molar-refractivity contribution < 1.29 is 23.8 Å². The molecule has 2 aromatic rings. The number of carbonyl (C=O) groups excluding carboxylic acids is 2. The molecule has 27 heavy (non-hydrogen) atoms. The number of esters is 1. The van der Waals surface area contributed by atoms with Gasteiger partial charge in [0.1, 0.15) is 0 Å². The van der Waals surface area contributed by atoms with Crippen LogP contribution in [0.2, 0.25) is 0 Å². The summed E-state index contributed by atoms with van der Waals surface area (Å²) >= 11 is 0. The second-order valence-corrected chi connectivity index (χ2v) is 6.01. The number of fused-ring (bicyclic) bond motifs is 1. The Balaban J connectivity index is 1.60. The minimum absolute atomic E-state index is 0.199. The highest BCUT2D eigenvalue weighted by Crippen LogP contribution is 2.34. The number of nitrogens with zero attached hydrogens (tertiary/aromatic N) is 2. The first-order valence-corrected chi connectivity index (χ1v) is 8.26. The van der Waals surface area contributed by atoms with E-state index in [4.69, 9.17) is 9.47 Å². The first-order valence-electron chi connectivity index (χ1n) is 8.26. The molecule has 0 bridgehead atoms. The maximum absolute atomic E-state index is 12.8. The third-order valence-electron chi connectivity index (χ3n) is 4.30. The van der Waals surface area contributed by atoms with Crippen LogP contribution in [0.5, 0.6) is 11.5 Å². The molecule has 7 heteroatoms. The number of hydrogen-bond acceptors (Lipinski definition) is 6. The Morgan fingerprint density at radius 3 is 2.63 bits per heavy atom. The zero-order valence-electron chi connectivity index (χ0n) is 14.8. The summed E-state index contributed by atoms with van der Waals surface area (Å²) in [7, 11) is 1.32. The van der Waals surface area contributed by atoms with E-state index in [9.17, 15) is 9.59 Å². The topological polar surface area (TPSA) is 77.4 Å². The van der Waals surface area contributed by atoms with E-state index >= 15 is 0 Å². The molecular weight excluding hydrogens is 348 g/mol. The molecule has 0 spiro atoms. The van der Waals surface area contributed by atoms with Crippen molar-refractivity contribution in [2.45, 2.75) is 6.92 Å². The molecule has 7 nitrogen and oxygen atoms in total. The minimum atomic E-state index is -0.433. The molecule has 0 aliphatic carbocycles. The van der Waals surface area contributed by atoms with Crippen LogP contribution in [0.3, 0.4) is 0 Å². The molecular formula is C20H16N2O5. The zero-order valence-corrected chi connectivity index (χ0v) is 14.8. The quantitative estimate of drug-likeness (QED) is 0.618. The largest absolute Gasteiger partial charge is 0.465 e. The SMILES string of the molecule is COC(=O)c1ccc(N2N=C(C)C(=Cc3ccc4c(c3)OCO4)C2=O)cc1. The van der Waals surface area contributed by atoms with Gasteiger partial charge < -0.3 is 14.2 Å². The number of hydrogen-bond donors (Lipinski definition) is 0. The van der Waals surface area contributed by atoms with Crippen molar-refractivity contribution in [2.24, 2.45) is 5.10 Å². The van der Waals surface area contributed by atoms with Gasteiger partial charge >= 0.3 is 5.97 Å². The van der Waals surface area contributed by atoms with Crippen LogP contribution in [0.4, 0.5) is 5.69 Å². The standard InChI is InChI=1S/C20H16N2O5/c1-12-16(9-13-3-8-17-18(10-13)27-11-26-17)19(23)22(21-12)15-6-4-14(5-7-15)20(24)25-2/h3-10H,11H2,1-2H3. The van der Waals surface area contributed by atoms with Crippen molar-refractivity contribution in [1.82, 2.24) is 0 Å². The van der Waals surface area contributed by atoms with Gasteiger partial charge in [-0.05, 0) is 55.0 Å². The van der Waals surface area contributed by atoms with Gasteiger partial charge in [0.25, 0.3) is 5.91 Å². The lowest BCUT2D eigenvalue weighted by Gasteiger charge is -2.12. The average molecular weight is 364 g/mol. The predicted octanol–water partition coefficient (Wildman–Crippen LogP) is 3.01. The number of benzene rings is 2. The summed E-state index contributed by atoms with van der Waals surface area (Å²) in [5.41, 5.74) is 2.89. The van der Waals surface area contributed by atoms with Gasteiger partial charge in [0.2, 0.25) is 6.79 Å². The van der Waals surface area contributed by atoms with Crippen molar-refractivity contribution in [3.8, 4) is 11.5 Å². The highest BCUT2D eigenvalue weighted by molar-refractivity contribution is 6.32. The third-order valence-corrected chi connectivity index (χ3v) is 4.30. The van der Waals surface area contributed by atoms with Crippen molar-refractivity contribution in [3.63, 3.8) is 0 Å². The first kappa shape index (κ1) is 16.8. The van der Waals surface area contributed by atoms with Crippen molar-refractivity contribution in [3.05, 3.63) is 59.2 Å². The van der Waals surface area contributed by atoms with E-state index in [1.165, 1.54) is 12.1 Å². The molecule has 0 N–H and O–H groups in total. The highest BCUT2D eigenvalue weighted by Gasteiger charge is 2.29. The Morgan fingerprint density at radius 1 is 1.15 bits per heavy atom. The fraction of sp³-hybridized carbons (Fsp3) is 0.150. The molecule has 0 saturated carbocycles. The van der Waals surface area contributed by atoms with E-state index < -0.39 is 5.97 Å². The second kappa shape index (κ2) is 6.60. The van der Waals surface area contributed by atoms with Crippen LogP contribution in [0.1, 0.15) is 22.8 Å². The van der Waals surface area contributed by atoms with Gasteiger partial charge in [-0.2, -0.15) is 10.1 Å². The van der Waals surface area contributed by atoms with Crippen LogP contribution < -0.4 is 14.5 Å². The monoisotopic (exact) mass is 364 g/mol. The summed E-state index contributed by atoms with van der Waals surface area (Å²) < 4.78 is 15.4. The Hall–Kier alpha value is -3.61. The molecule has 1 amide bonds. The second-order valence-electron chi connectivity index (χ2n) is 6.01. The van der Waals surface area contributed by atoms with Crippen molar-refractivity contribution in [1.29, 1.82) is 0 Å². The molecule has 2 aliphatic heterocycles. The van der Waals surface area contributed by atoms with E-state index in [0.29, 0.717) is 34.0 Å². The van der Waals surface area contributed by atoms with E-state index in [0.717, 1.165) is 5.56 Å². The zero-order chi connectivity index (χ0) is 19.0. The van der Waals surface area contributed by atoms with Crippen molar-refractivity contribution in [2.75, 3.05) is 18.9 Å². The average Bonchev–Trinajstić information content (AvgIpc) is 3.27. The van der Waals surface area contributed by atoms with Gasteiger partial charge in [0.15, 0.2) is 11.5 Å². The fourth-order valence-corrected chi connectivity index (χ4v) is 2.89. The maximum atomic E-state index is 12.8. The first-order chi connectivity index (χ1) is 13.1. The van der Waals surface area contributed by atoms with Crippen LogP contribution in [0.25, 0.3) is 6.08 Å². The third kappa shape index (κ3) is 3.03. The van der Waals surface area contributed by atoms with Gasteiger partial charge in [0, 0.05) is 0 Å². The van der Waals surface area contributed by atoms with E-state index in [1.54, 1.807) is 37.3 Å². The van der Waals surface area contributed by atoms with Gasteiger partial charge in [-0.3, -0.25) is 4.79 Å². The molecule has 2 aliphatic rings. The molecule has 0 saturated heterocycles. The number of ether oxygens (including phenoxy) is 3. The smallest absolute Gasteiger partial charge is 0.337 e. The molecule has 136 valence electrons. The number of methoxy groups -OCH3 is 1. The van der Waals surface area contributed by atoms with E-state index in [-0.39, 0.29) is 12.7 Å². The van der Waals surface area contributed by atoms with Gasteiger partial charge in [0.05, 0.1) is 29.6 Å². The Labute approximate surface area is 155 Å². The van der Waals surface area contributed by atoms with Gasteiger partial charge in [-0.15, -0.1) is 0 Å². The highest BCUT2D eigenvalue weighted by atomic mass is 16.7. The molecule has 0 fully saturated rings. The number of rotatable bonds is 3. The van der Waals surface area contributed by atoms with Crippen LogP contribution in [-0.4, -0.2) is 31.5 Å². The van der Waals surface area contributed by atoms with Gasteiger partial charge in [-0.1, -0.05) is 6.07 Å². The summed E-state index contributed by atoms with van der Waals surface area (Å²) in [5, 5.41) is 5.66. The summed E-state index contributed by atoms with van der Waals surface area (Å²) in [6.45, 7) is 1.98. The molecule has 2 heterocycles. The Morgan fingerprint density at radius 2 is 1.89 bits per heavy atom. The fourth-order valence-electron chi connectivity index (χ4n) is 2.89. The normalized spacial score (nSPS) is 16.7. The van der Waals surface area contributed by atoms with Crippen molar-refractivity contribution >= 4 is 29.4 Å². The summed E-state index contributed by atoms with van der Waals surface area (Å²) in [6.07, 6.45) is 1.77. The molecule has 0 radical (unpaired) electrons. The molecule has 0 aromatic heterocycles. The predicted molar refractivity (Wildman–Crippen MR) is 98.9 cm³/mol. The summed E-state index contributed by atoms with van der Waals surface area (Å²) in [6, 6.07) is 12.0. The molecule has 4 rings (SSSR count). The number of carbonyl (C=O) groups is 2. The van der Waals surface area contributed by atoms with Crippen LogP contribution in [0.15, 0.2) is 53.1 Å². The number of hydrazone groups is 1. The summed E-state index contributed by atoms with van der Waals surface area (Å²) in [5.74, 6) is 0.667. The van der Waals surface area contributed by atoms with E-state index in [2.05, 4.69) is 9.84 Å². The van der Waals surface area contributed by atoms with E-state index in [1.807, 2.05) is 18.2 Å². The number of amides is 1. The lowest BCUT2D eigenvalue weighted by Crippen LogP contribution is -2.21. The molecule has 0 atom stereocenters. The molecule has 0 unspecified atom stereocenters. The molecule has 2 aromatic carbocycles. The summed E-state index contributed by atoms with van der Waals surface area (Å²) in [4.78, 5) is 24.4. The van der Waals surface area contributed by atoms with Gasteiger partial charge in [-0.25, -0.2) is 4.79 Å².